The number of esters is 1. The maximum Gasteiger partial charge on any atom is 0.321 e. The highest BCUT2D eigenvalue weighted by Crippen LogP contribution is 2.00. The van der Waals surface area contributed by atoms with Crippen LogP contribution in [0.3, 0.4) is 0 Å². The lowest BCUT2D eigenvalue weighted by molar-refractivity contribution is -0.139. The Morgan fingerprint density at radius 3 is 2.25 bits per heavy atom. The van der Waals surface area contributed by atoms with Gasteiger partial charge in [-0.3, -0.25) is 4.79 Å². The maximum absolute atomic E-state index is 11.1. The van der Waals surface area contributed by atoms with Crippen LogP contribution in [0.25, 0.3) is 0 Å². The molecule has 0 aromatic carbocycles. The lowest BCUT2D eigenvalue weighted by atomic mass is 10.6. The summed E-state index contributed by atoms with van der Waals surface area (Å²) < 4.78 is 26.7. The van der Waals surface area contributed by atoms with Crippen molar-refractivity contribution in [3.63, 3.8) is 0 Å². The Morgan fingerprint density at radius 2 is 1.92 bits per heavy atom. The SMILES string of the molecule is CCOC(=O)CS(=O)(=O)C(C)C. The van der Waals surface area contributed by atoms with Gasteiger partial charge in [-0.05, 0) is 20.8 Å². The molecule has 0 N–H and O–H groups in total. The number of rotatable bonds is 4. The van der Waals surface area contributed by atoms with Gasteiger partial charge in [-0.2, -0.15) is 0 Å². The van der Waals surface area contributed by atoms with E-state index in [1.807, 2.05) is 0 Å². The zero-order chi connectivity index (χ0) is 9.78. The van der Waals surface area contributed by atoms with Crippen molar-refractivity contribution in [2.24, 2.45) is 0 Å². The van der Waals surface area contributed by atoms with Crippen molar-refractivity contribution in [2.45, 2.75) is 26.0 Å². The van der Waals surface area contributed by atoms with Gasteiger partial charge in [0.05, 0.1) is 11.9 Å². The number of carbonyl (C=O) groups is 1. The summed E-state index contributed by atoms with van der Waals surface area (Å²) in [5.74, 6) is -1.19. The molecule has 0 heterocycles. The van der Waals surface area contributed by atoms with Crippen LogP contribution in [0.5, 0.6) is 0 Å². The van der Waals surface area contributed by atoms with Crippen molar-refractivity contribution in [1.82, 2.24) is 0 Å². The number of carbonyl (C=O) groups excluding carboxylic acids is 1. The first-order chi connectivity index (χ1) is 5.40. The van der Waals surface area contributed by atoms with Crippen LogP contribution in [0.15, 0.2) is 0 Å². The molecule has 12 heavy (non-hydrogen) atoms. The molecule has 0 aliphatic carbocycles. The Morgan fingerprint density at radius 1 is 1.42 bits per heavy atom. The van der Waals surface area contributed by atoms with Crippen LogP contribution in [0.4, 0.5) is 0 Å². The molecule has 0 spiro atoms. The van der Waals surface area contributed by atoms with E-state index in [0.29, 0.717) is 0 Å². The molecule has 0 aliphatic rings. The van der Waals surface area contributed by atoms with Crippen molar-refractivity contribution in [2.75, 3.05) is 12.4 Å². The zero-order valence-corrected chi connectivity index (χ0v) is 8.35. The van der Waals surface area contributed by atoms with Crippen molar-refractivity contribution in [3.8, 4) is 0 Å². The Kier molecular flexibility index (Phi) is 4.23. The maximum atomic E-state index is 11.1. The monoisotopic (exact) mass is 194 g/mol. The fraction of sp³-hybridized carbons (Fsp3) is 0.857. The Labute approximate surface area is 72.8 Å². The lowest BCUT2D eigenvalue weighted by Crippen LogP contribution is -2.24. The van der Waals surface area contributed by atoms with Crippen LogP contribution in [0.1, 0.15) is 20.8 Å². The molecule has 0 aliphatic heterocycles. The topological polar surface area (TPSA) is 60.4 Å². The Hall–Kier alpha value is -0.580. The summed E-state index contributed by atoms with van der Waals surface area (Å²) in [5.41, 5.74) is 0. The molecule has 0 amide bonds. The van der Waals surface area contributed by atoms with E-state index in [1.165, 1.54) is 13.8 Å². The van der Waals surface area contributed by atoms with Gasteiger partial charge in [0.15, 0.2) is 9.84 Å². The Balaban J connectivity index is 4.17. The van der Waals surface area contributed by atoms with Gasteiger partial charge >= 0.3 is 5.97 Å². The van der Waals surface area contributed by atoms with Gasteiger partial charge in [0.2, 0.25) is 0 Å². The third-order valence-electron chi connectivity index (χ3n) is 1.34. The largest absolute Gasteiger partial charge is 0.465 e. The van der Waals surface area contributed by atoms with Crippen molar-refractivity contribution in [1.29, 1.82) is 0 Å². The molecule has 0 aromatic heterocycles. The third-order valence-corrected chi connectivity index (χ3v) is 3.42. The second-order valence-electron chi connectivity index (χ2n) is 2.66. The fourth-order valence-electron chi connectivity index (χ4n) is 0.534. The van der Waals surface area contributed by atoms with Gasteiger partial charge in [0, 0.05) is 0 Å². The number of sulfone groups is 1. The van der Waals surface area contributed by atoms with E-state index >= 15 is 0 Å². The molecular weight excluding hydrogens is 180 g/mol. The molecule has 4 nitrogen and oxygen atoms in total. The van der Waals surface area contributed by atoms with E-state index in [0.717, 1.165) is 0 Å². The second kappa shape index (κ2) is 4.45. The molecule has 0 aromatic rings. The molecule has 0 saturated heterocycles. The summed E-state index contributed by atoms with van der Waals surface area (Å²) in [5, 5.41) is -0.526. The van der Waals surface area contributed by atoms with E-state index in [9.17, 15) is 13.2 Å². The van der Waals surface area contributed by atoms with E-state index in [-0.39, 0.29) is 6.61 Å². The van der Waals surface area contributed by atoms with Crippen molar-refractivity contribution < 1.29 is 17.9 Å². The highest BCUT2D eigenvalue weighted by atomic mass is 32.2. The minimum absolute atomic E-state index is 0.215. The summed E-state index contributed by atoms with van der Waals surface area (Å²) in [4.78, 5) is 10.8. The van der Waals surface area contributed by atoms with Gasteiger partial charge < -0.3 is 4.74 Å². The molecule has 0 fully saturated rings. The van der Waals surface area contributed by atoms with E-state index in [1.54, 1.807) is 6.92 Å². The summed E-state index contributed by atoms with van der Waals surface area (Å²) in [6.07, 6.45) is 0. The molecule has 0 rings (SSSR count). The normalized spacial score (nSPS) is 11.7. The first kappa shape index (κ1) is 11.4. The van der Waals surface area contributed by atoms with E-state index in [2.05, 4.69) is 4.74 Å². The van der Waals surface area contributed by atoms with Gasteiger partial charge in [0.25, 0.3) is 0 Å². The first-order valence-corrected chi connectivity index (χ1v) is 5.49. The smallest absolute Gasteiger partial charge is 0.321 e. The van der Waals surface area contributed by atoms with Crippen LogP contribution in [0.2, 0.25) is 0 Å². The molecule has 5 heteroatoms. The highest BCUT2D eigenvalue weighted by molar-refractivity contribution is 7.92. The summed E-state index contributed by atoms with van der Waals surface area (Å²) in [7, 11) is -3.29. The standard InChI is InChI=1S/C7H14O4S/c1-4-11-7(8)5-12(9,10)6(2)3/h6H,4-5H2,1-3H3. The van der Waals surface area contributed by atoms with Crippen LogP contribution in [-0.2, 0) is 19.4 Å². The van der Waals surface area contributed by atoms with Crippen LogP contribution < -0.4 is 0 Å². The third kappa shape index (κ3) is 3.71. The number of hydrogen-bond donors (Lipinski definition) is 0. The van der Waals surface area contributed by atoms with E-state index in [4.69, 9.17) is 0 Å². The van der Waals surface area contributed by atoms with Gasteiger partial charge in [-0.25, -0.2) is 8.42 Å². The molecular formula is C7H14O4S. The number of hydrogen-bond acceptors (Lipinski definition) is 4. The van der Waals surface area contributed by atoms with Crippen molar-refractivity contribution >= 4 is 15.8 Å². The number of ether oxygens (including phenoxy) is 1. The summed E-state index contributed by atoms with van der Waals surface area (Å²) >= 11 is 0. The molecule has 0 saturated carbocycles. The molecule has 0 unspecified atom stereocenters. The predicted molar refractivity (Wildman–Crippen MR) is 45.6 cm³/mol. The second-order valence-corrected chi connectivity index (χ2v) is 5.22. The predicted octanol–water partition coefficient (Wildman–Crippen LogP) is 0.373. The highest BCUT2D eigenvalue weighted by Gasteiger charge is 2.20. The van der Waals surface area contributed by atoms with Crippen LogP contribution >= 0.6 is 0 Å². The Bertz CT molecular complexity index is 240. The average Bonchev–Trinajstić information content (AvgIpc) is 1.85. The molecule has 0 atom stereocenters. The van der Waals surface area contributed by atoms with Crippen molar-refractivity contribution in [3.05, 3.63) is 0 Å². The first-order valence-electron chi connectivity index (χ1n) is 3.77. The summed E-state index contributed by atoms with van der Waals surface area (Å²) in [6, 6.07) is 0. The quantitative estimate of drug-likeness (QED) is 0.607. The fourth-order valence-corrected chi connectivity index (χ4v) is 1.28. The zero-order valence-electron chi connectivity index (χ0n) is 7.53. The van der Waals surface area contributed by atoms with Crippen LogP contribution in [0, 0.1) is 0 Å². The summed E-state index contributed by atoms with van der Waals surface area (Å²) in [6.45, 7) is 4.93. The van der Waals surface area contributed by atoms with Crippen LogP contribution in [-0.4, -0.2) is 32.0 Å². The molecule has 0 radical (unpaired) electrons. The van der Waals surface area contributed by atoms with E-state index < -0.39 is 26.8 Å². The molecule has 0 bridgehead atoms. The minimum atomic E-state index is -3.29. The minimum Gasteiger partial charge on any atom is -0.465 e. The van der Waals surface area contributed by atoms with Gasteiger partial charge in [-0.1, -0.05) is 0 Å². The molecule has 72 valence electrons. The average molecular weight is 194 g/mol. The van der Waals surface area contributed by atoms with Gasteiger partial charge in [0.1, 0.15) is 5.75 Å². The lowest BCUT2D eigenvalue weighted by Gasteiger charge is -2.06. The van der Waals surface area contributed by atoms with Gasteiger partial charge in [-0.15, -0.1) is 0 Å².